The van der Waals surface area contributed by atoms with Crippen LogP contribution in [0.1, 0.15) is 11.1 Å². The van der Waals surface area contributed by atoms with Gasteiger partial charge in [0.15, 0.2) is 0 Å². The maximum atomic E-state index is 13.7. The van der Waals surface area contributed by atoms with Gasteiger partial charge in [0.05, 0.1) is 11.5 Å². The maximum Gasteiger partial charge on any atom is 0.243 e. The van der Waals surface area contributed by atoms with E-state index in [-0.39, 0.29) is 35.1 Å². The Balaban J connectivity index is 2.41. The Bertz CT molecular complexity index is 826. The molecule has 2 aromatic rings. The molecule has 5 nitrogen and oxygen atoms in total. The van der Waals surface area contributed by atoms with Gasteiger partial charge in [-0.2, -0.15) is 4.31 Å². The van der Waals surface area contributed by atoms with Crippen molar-refractivity contribution in [2.75, 3.05) is 13.2 Å². The van der Waals surface area contributed by atoms with Gasteiger partial charge < -0.3 is 10.8 Å². The third kappa shape index (κ3) is 4.15. The van der Waals surface area contributed by atoms with Gasteiger partial charge in [0.1, 0.15) is 10.8 Å². The molecule has 0 radical (unpaired) electrons. The number of aliphatic hydroxyl groups is 1. The highest BCUT2D eigenvalue weighted by atomic mass is 32.2. The van der Waals surface area contributed by atoms with E-state index >= 15 is 0 Å². The Labute approximate surface area is 145 Å². The third-order valence-electron chi connectivity index (χ3n) is 3.39. The molecule has 0 saturated carbocycles. The van der Waals surface area contributed by atoms with E-state index in [0.717, 1.165) is 28.1 Å². The van der Waals surface area contributed by atoms with E-state index < -0.39 is 15.8 Å². The van der Waals surface area contributed by atoms with E-state index in [1.807, 2.05) is 6.07 Å². The molecular weight excluding hydrogens is 351 g/mol. The number of aliphatic hydroxyl groups excluding tert-OH is 1. The Morgan fingerprint density at radius 2 is 1.88 bits per heavy atom. The van der Waals surface area contributed by atoms with Crippen LogP contribution >= 0.6 is 12.2 Å². The van der Waals surface area contributed by atoms with Gasteiger partial charge >= 0.3 is 0 Å². The summed E-state index contributed by atoms with van der Waals surface area (Å²) in [6, 6.07) is 12.3. The van der Waals surface area contributed by atoms with Crippen molar-refractivity contribution in [3.63, 3.8) is 0 Å². The average molecular weight is 368 g/mol. The number of sulfonamides is 1. The molecular formula is C16H17FN2O3S2. The Morgan fingerprint density at radius 1 is 1.21 bits per heavy atom. The maximum absolute atomic E-state index is 13.7. The van der Waals surface area contributed by atoms with Crippen LogP contribution in [0, 0.1) is 5.82 Å². The third-order valence-corrected chi connectivity index (χ3v) is 5.45. The SMILES string of the molecule is NC(=S)c1cc(S(=O)(=O)N(CCO)Cc2ccccc2)ccc1F. The van der Waals surface area contributed by atoms with Gasteiger partial charge in [-0.1, -0.05) is 42.5 Å². The molecule has 2 rings (SSSR count). The molecule has 0 saturated heterocycles. The zero-order valence-electron chi connectivity index (χ0n) is 12.7. The van der Waals surface area contributed by atoms with Crippen LogP contribution in [0.3, 0.4) is 0 Å². The number of nitrogens with two attached hydrogens (primary N) is 1. The molecule has 0 heterocycles. The molecule has 0 bridgehead atoms. The number of hydrogen-bond donors (Lipinski definition) is 2. The molecule has 128 valence electrons. The standard InChI is InChI=1S/C16H17FN2O3S2/c17-15-7-6-13(10-14(15)16(18)23)24(21,22)19(8-9-20)11-12-4-2-1-3-5-12/h1-7,10,20H,8-9,11H2,(H2,18,23). The highest BCUT2D eigenvalue weighted by Gasteiger charge is 2.25. The molecule has 0 atom stereocenters. The lowest BCUT2D eigenvalue weighted by atomic mass is 10.2. The lowest BCUT2D eigenvalue weighted by Crippen LogP contribution is -2.33. The fourth-order valence-electron chi connectivity index (χ4n) is 2.19. The second kappa shape index (κ2) is 7.80. The summed E-state index contributed by atoms with van der Waals surface area (Å²) in [7, 11) is -3.94. The van der Waals surface area contributed by atoms with Crippen molar-refractivity contribution < 1.29 is 17.9 Å². The van der Waals surface area contributed by atoms with E-state index in [1.165, 1.54) is 0 Å². The summed E-state index contributed by atoms with van der Waals surface area (Å²) in [4.78, 5) is -0.350. The Hall–Kier alpha value is -1.87. The van der Waals surface area contributed by atoms with Crippen molar-refractivity contribution in [1.82, 2.24) is 4.31 Å². The van der Waals surface area contributed by atoms with Crippen LogP contribution in [-0.4, -0.2) is 36.0 Å². The van der Waals surface area contributed by atoms with Crippen molar-refractivity contribution in [3.8, 4) is 0 Å². The van der Waals surface area contributed by atoms with Crippen molar-refractivity contribution in [1.29, 1.82) is 0 Å². The summed E-state index contributed by atoms with van der Waals surface area (Å²) in [6.45, 7) is -0.337. The first-order valence-corrected chi connectivity index (χ1v) is 8.95. The summed E-state index contributed by atoms with van der Waals surface area (Å²) in [5, 5.41) is 9.20. The van der Waals surface area contributed by atoms with Crippen molar-refractivity contribution in [2.24, 2.45) is 5.73 Å². The molecule has 8 heteroatoms. The Morgan fingerprint density at radius 3 is 2.46 bits per heavy atom. The predicted octanol–water partition coefficient (Wildman–Crippen LogP) is 1.64. The summed E-state index contributed by atoms with van der Waals surface area (Å²) in [5.74, 6) is -0.682. The quantitative estimate of drug-likeness (QED) is 0.726. The zero-order chi connectivity index (χ0) is 17.7. The summed E-state index contributed by atoms with van der Waals surface area (Å²) in [6.07, 6.45) is 0. The van der Waals surface area contributed by atoms with Crippen LogP contribution in [0.2, 0.25) is 0 Å². The van der Waals surface area contributed by atoms with Crippen molar-refractivity contribution in [3.05, 3.63) is 65.5 Å². The minimum atomic E-state index is -3.94. The van der Waals surface area contributed by atoms with E-state index in [9.17, 15) is 17.9 Å². The second-order valence-corrected chi connectivity index (χ2v) is 7.43. The first-order valence-electron chi connectivity index (χ1n) is 7.10. The summed E-state index contributed by atoms with van der Waals surface area (Å²) < 4.78 is 40.5. The van der Waals surface area contributed by atoms with Gasteiger partial charge in [-0.25, -0.2) is 12.8 Å². The minimum absolute atomic E-state index is 0.0863. The van der Waals surface area contributed by atoms with Gasteiger partial charge in [-0.05, 0) is 23.8 Å². The van der Waals surface area contributed by atoms with Gasteiger partial charge in [-0.15, -0.1) is 0 Å². The van der Waals surface area contributed by atoms with E-state index in [1.54, 1.807) is 24.3 Å². The van der Waals surface area contributed by atoms with Gasteiger partial charge in [-0.3, -0.25) is 0 Å². The van der Waals surface area contributed by atoms with Gasteiger partial charge in [0.25, 0.3) is 0 Å². The lowest BCUT2D eigenvalue weighted by molar-refractivity contribution is 0.251. The molecule has 3 N–H and O–H groups in total. The van der Waals surface area contributed by atoms with E-state index in [2.05, 4.69) is 0 Å². The summed E-state index contributed by atoms with van der Waals surface area (Å²) >= 11 is 4.74. The first kappa shape index (κ1) is 18.5. The second-order valence-electron chi connectivity index (χ2n) is 5.05. The van der Waals surface area contributed by atoms with Crippen LogP contribution in [0.25, 0.3) is 0 Å². The Kier molecular flexibility index (Phi) is 6.00. The topological polar surface area (TPSA) is 83.6 Å². The van der Waals surface area contributed by atoms with Crippen LogP contribution < -0.4 is 5.73 Å². The highest BCUT2D eigenvalue weighted by Crippen LogP contribution is 2.21. The molecule has 0 unspecified atom stereocenters. The molecule has 0 fully saturated rings. The van der Waals surface area contributed by atoms with Crippen LogP contribution in [0.15, 0.2) is 53.4 Å². The number of halogens is 1. The largest absolute Gasteiger partial charge is 0.395 e. The van der Waals surface area contributed by atoms with E-state index in [0.29, 0.717) is 0 Å². The smallest absolute Gasteiger partial charge is 0.243 e. The number of rotatable bonds is 7. The molecule has 2 aromatic carbocycles. The normalized spacial score (nSPS) is 11.6. The van der Waals surface area contributed by atoms with E-state index in [4.69, 9.17) is 18.0 Å². The molecule has 0 aliphatic carbocycles. The zero-order valence-corrected chi connectivity index (χ0v) is 14.4. The monoisotopic (exact) mass is 368 g/mol. The molecule has 0 aliphatic heterocycles. The minimum Gasteiger partial charge on any atom is -0.395 e. The fraction of sp³-hybridized carbons (Fsp3) is 0.188. The van der Waals surface area contributed by atoms with Crippen molar-refractivity contribution in [2.45, 2.75) is 11.4 Å². The van der Waals surface area contributed by atoms with Gasteiger partial charge in [0, 0.05) is 18.7 Å². The van der Waals surface area contributed by atoms with Crippen LogP contribution in [0.5, 0.6) is 0 Å². The number of benzene rings is 2. The number of thiocarbonyl (C=S) groups is 1. The van der Waals surface area contributed by atoms with Gasteiger partial charge in [0.2, 0.25) is 10.0 Å². The fourth-order valence-corrected chi connectivity index (χ4v) is 3.79. The molecule has 0 aromatic heterocycles. The number of nitrogens with zero attached hydrogens (tertiary/aromatic N) is 1. The molecule has 0 amide bonds. The predicted molar refractivity (Wildman–Crippen MR) is 93.4 cm³/mol. The highest BCUT2D eigenvalue weighted by molar-refractivity contribution is 7.89. The van der Waals surface area contributed by atoms with Crippen LogP contribution in [0.4, 0.5) is 4.39 Å². The van der Waals surface area contributed by atoms with Crippen LogP contribution in [-0.2, 0) is 16.6 Å². The molecule has 24 heavy (non-hydrogen) atoms. The molecule has 0 spiro atoms. The van der Waals surface area contributed by atoms with Crippen molar-refractivity contribution >= 4 is 27.2 Å². The first-order chi connectivity index (χ1) is 11.4. The lowest BCUT2D eigenvalue weighted by Gasteiger charge is -2.22. The average Bonchev–Trinajstić information content (AvgIpc) is 2.55. The molecule has 0 aliphatic rings. The number of hydrogen-bond acceptors (Lipinski definition) is 4. The summed E-state index contributed by atoms with van der Waals surface area (Å²) in [5.41, 5.74) is 6.07.